The van der Waals surface area contributed by atoms with Crippen molar-refractivity contribution in [1.29, 1.82) is 0 Å². The van der Waals surface area contributed by atoms with Crippen LogP contribution in [0.15, 0.2) is 0 Å². The lowest BCUT2D eigenvalue weighted by molar-refractivity contribution is -0.135. The van der Waals surface area contributed by atoms with Crippen molar-refractivity contribution in [1.82, 2.24) is 15.1 Å². The number of carbonyl (C=O) groups is 3. The fraction of sp³-hybridized carbons (Fsp3) is 0.833. The van der Waals surface area contributed by atoms with Gasteiger partial charge in [-0.3, -0.25) is 9.59 Å². The maximum atomic E-state index is 12.3. The van der Waals surface area contributed by atoms with E-state index in [-0.39, 0.29) is 30.7 Å². The first-order chi connectivity index (χ1) is 11.7. The number of ether oxygens (including phenoxy) is 1. The monoisotopic (exact) mass is 353 g/mol. The summed E-state index contributed by atoms with van der Waals surface area (Å²) in [4.78, 5) is 39.5. The molecular formula is C18H31N3O4. The first-order valence-corrected chi connectivity index (χ1v) is 9.30. The number of amides is 3. The third kappa shape index (κ3) is 6.55. The fourth-order valence-electron chi connectivity index (χ4n) is 3.21. The average Bonchev–Trinajstić information content (AvgIpc) is 3.04. The maximum Gasteiger partial charge on any atom is 0.410 e. The summed E-state index contributed by atoms with van der Waals surface area (Å²) >= 11 is 0. The normalized spacial score (nSPS) is 19.0. The molecule has 1 aliphatic heterocycles. The van der Waals surface area contributed by atoms with E-state index in [9.17, 15) is 14.4 Å². The van der Waals surface area contributed by atoms with Crippen LogP contribution in [0.3, 0.4) is 0 Å². The Bertz CT molecular complexity index is 487. The third-order valence-electron chi connectivity index (χ3n) is 4.57. The van der Waals surface area contributed by atoms with E-state index in [1.165, 1.54) is 12.8 Å². The van der Waals surface area contributed by atoms with Crippen LogP contribution >= 0.6 is 0 Å². The summed E-state index contributed by atoms with van der Waals surface area (Å²) in [5.41, 5.74) is -0.517. The number of carbonyl (C=O) groups excluding carboxylic acids is 3. The van der Waals surface area contributed by atoms with Crippen molar-refractivity contribution < 1.29 is 19.1 Å². The van der Waals surface area contributed by atoms with Crippen LogP contribution in [0.4, 0.5) is 4.79 Å². The molecule has 2 rings (SSSR count). The lowest BCUT2D eigenvalue weighted by Crippen LogP contribution is -2.51. The minimum absolute atomic E-state index is 0.0228. The summed E-state index contributed by atoms with van der Waals surface area (Å²) in [6, 6.07) is 0.292. The molecule has 0 aromatic carbocycles. The van der Waals surface area contributed by atoms with Gasteiger partial charge in [0.25, 0.3) is 0 Å². The average molecular weight is 353 g/mol. The molecule has 0 aromatic rings. The fourth-order valence-corrected chi connectivity index (χ4v) is 3.21. The molecule has 1 N–H and O–H groups in total. The second kappa shape index (κ2) is 8.54. The molecular weight excluding hydrogens is 322 g/mol. The van der Waals surface area contributed by atoms with E-state index in [1.807, 2.05) is 20.8 Å². The Morgan fingerprint density at radius 3 is 2.08 bits per heavy atom. The van der Waals surface area contributed by atoms with E-state index in [4.69, 9.17) is 4.74 Å². The molecule has 2 fully saturated rings. The molecule has 1 heterocycles. The summed E-state index contributed by atoms with van der Waals surface area (Å²) in [6.07, 6.45) is 4.57. The van der Waals surface area contributed by atoms with Crippen molar-refractivity contribution >= 4 is 17.9 Å². The highest BCUT2D eigenvalue weighted by Gasteiger charge is 2.27. The van der Waals surface area contributed by atoms with Gasteiger partial charge in [-0.25, -0.2) is 4.79 Å². The van der Waals surface area contributed by atoms with Gasteiger partial charge in [0, 0.05) is 45.1 Å². The van der Waals surface area contributed by atoms with Gasteiger partial charge < -0.3 is 19.9 Å². The molecule has 25 heavy (non-hydrogen) atoms. The van der Waals surface area contributed by atoms with Crippen molar-refractivity contribution in [3.63, 3.8) is 0 Å². The number of piperazine rings is 1. The van der Waals surface area contributed by atoms with Crippen molar-refractivity contribution in [3.8, 4) is 0 Å². The zero-order chi connectivity index (χ0) is 18.4. The summed E-state index contributed by atoms with van der Waals surface area (Å²) in [6.45, 7) is 7.42. The molecule has 0 radical (unpaired) electrons. The summed E-state index contributed by atoms with van der Waals surface area (Å²) in [7, 11) is 0. The Balaban J connectivity index is 1.66. The van der Waals surface area contributed by atoms with E-state index >= 15 is 0 Å². The van der Waals surface area contributed by atoms with Crippen LogP contribution in [-0.4, -0.2) is 65.5 Å². The van der Waals surface area contributed by atoms with Gasteiger partial charge in [-0.05, 0) is 33.6 Å². The highest BCUT2D eigenvalue weighted by Crippen LogP contribution is 2.18. The van der Waals surface area contributed by atoms with Crippen LogP contribution in [0, 0.1) is 0 Å². The molecule has 1 aliphatic carbocycles. The number of nitrogens with one attached hydrogen (secondary N) is 1. The molecule has 1 saturated carbocycles. The van der Waals surface area contributed by atoms with E-state index in [0.717, 1.165) is 12.8 Å². The third-order valence-corrected chi connectivity index (χ3v) is 4.57. The Kier molecular flexibility index (Phi) is 6.67. The maximum absolute atomic E-state index is 12.3. The van der Waals surface area contributed by atoms with Crippen LogP contribution < -0.4 is 5.32 Å². The van der Waals surface area contributed by atoms with E-state index < -0.39 is 5.60 Å². The predicted molar refractivity (Wildman–Crippen MR) is 94.0 cm³/mol. The van der Waals surface area contributed by atoms with Gasteiger partial charge in [0.15, 0.2) is 0 Å². The van der Waals surface area contributed by atoms with Gasteiger partial charge in [0.2, 0.25) is 11.8 Å². The van der Waals surface area contributed by atoms with Crippen LogP contribution in [0.25, 0.3) is 0 Å². The number of nitrogens with zero attached hydrogens (tertiary/aromatic N) is 2. The Hall–Kier alpha value is -1.79. The lowest BCUT2D eigenvalue weighted by Gasteiger charge is -2.35. The van der Waals surface area contributed by atoms with Crippen LogP contribution in [0.5, 0.6) is 0 Å². The molecule has 0 unspecified atom stereocenters. The Morgan fingerprint density at radius 1 is 0.960 bits per heavy atom. The van der Waals surface area contributed by atoms with Gasteiger partial charge in [-0.1, -0.05) is 12.8 Å². The highest BCUT2D eigenvalue weighted by atomic mass is 16.6. The van der Waals surface area contributed by atoms with E-state index in [1.54, 1.807) is 9.80 Å². The van der Waals surface area contributed by atoms with Crippen molar-refractivity contribution in [3.05, 3.63) is 0 Å². The first kappa shape index (κ1) is 19.5. The van der Waals surface area contributed by atoms with E-state index in [0.29, 0.717) is 32.2 Å². The highest BCUT2D eigenvalue weighted by molar-refractivity contribution is 5.84. The molecule has 0 atom stereocenters. The van der Waals surface area contributed by atoms with Crippen LogP contribution in [0.2, 0.25) is 0 Å². The quantitative estimate of drug-likeness (QED) is 0.837. The molecule has 3 amide bonds. The predicted octanol–water partition coefficient (Wildman–Crippen LogP) is 1.90. The largest absolute Gasteiger partial charge is 0.444 e. The first-order valence-electron chi connectivity index (χ1n) is 9.30. The Morgan fingerprint density at radius 2 is 1.52 bits per heavy atom. The van der Waals surface area contributed by atoms with Gasteiger partial charge in [-0.2, -0.15) is 0 Å². The number of rotatable bonds is 4. The van der Waals surface area contributed by atoms with Crippen LogP contribution in [-0.2, 0) is 14.3 Å². The number of hydrogen-bond donors (Lipinski definition) is 1. The van der Waals surface area contributed by atoms with Gasteiger partial charge in [0.05, 0.1) is 0 Å². The standard InChI is InChI=1S/C18H31N3O4/c1-18(2,3)25-17(24)21-12-10-20(11-13-21)16(23)9-8-15(22)19-14-6-4-5-7-14/h14H,4-13H2,1-3H3,(H,19,22). The lowest BCUT2D eigenvalue weighted by atomic mass is 10.2. The summed E-state index contributed by atoms with van der Waals surface area (Å²) in [5, 5.41) is 3.00. The van der Waals surface area contributed by atoms with Crippen LogP contribution in [0.1, 0.15) is 59.3 Å². The van der Waals surface area contributed by atoms with E-state index in [2.05, 4.69) is 5.32 Å². The smallest absolute Gasteiger partial charge is 0.410 e. The van der Waals surface area contributed by atoms with Gasteiger partial charge >= 0.3 is 6.09 Å². The molecule has 1 saturated heterocycles. The molecule has 0 bridgehead atoms. The molecule has 2 aliphatic rings. The van der Waals surface area contributed by atoms with Gasteiger partial charge in [-0.15, -0.1) is 0 Å². The molecule has 142 valence electrons. The Labute approximate surface area is 150 Å². The number of hydrogen-bond acceptors (Lipinski definition) is 4. The zero-order valence-electron chi connectivity index (χ0n) is 15.7. The van der Waals surface area contributed by atoms with Gasteiger partial charge in [0.1, 0.15) is 5.60 Å². The minimum atomic E-state index is -0.517. The molecule has 7 nitrogen and oxygen atoms in total. The molecule has 0 aromatic heterocycles. The topological polar surface area (TPSA) is 79.0 Å². The molecule has 7 heteroatoms. The van der Waals surface area contributed by atoms with Crippen molar-refractivity contribution in [2.45, 2.75) is 70.9 Å². The second-order valence-electron chi connectivity index (χ2n) is 7.90. The SMILES string of the molecule is CC(C)(C)OC(=O)N1CCN(C(=O)CCC(=O)NC2CCCC2)CC1. The summed E-state index contributed by atoms with van der Waals surface area (Å²) in [5.74, 6) is -0.0574. The molecule has 0 spiro atoms. The van der Waals surface area contributed by atoms with Crippen molar-refractivity contribution in [2.75, 3.05) is 26.2 Å². The second-order valence-corrected chi connectivity index (χ2v) is 7.90. The minimum Gasteiger partial charge on any atom is -0.444 e. The van der Waals surface area contributed by atoms with Crippen molar-refractivity contribution in [2.24, 2.45) is 0 Å². The summed E-state index contributed by atoms with van der Waals surface area (Å²) < 4.78 is 5.35. The zero-order valence-corrected chi connectivity index (χ0v) is 15.7.